The van der Waals surface area contributed by atoms with E-state index in [1.165, 1.54) is 6.07 Å². The van der Waals surface area contributed by atoms with Gasteiger partial charge in [0.2, 0.25) is 5.88 Å². The fourth-order valence-corrected chi connectivity index (χ4v) is 1.04. The van der Waals surface area contributed by atoms with Gasteiger partial charge in [-0.1, -0.05) is 11.6 Å². The molecule has 0 spiro atoms. The largest absolute Gasteiger partial charge is 0.413 e. The van der Waals surface area contributed by atoms with E-state index in [2.05, 4.69) is 10.3 Å². The molecule has 0 unspecified atom stereocenters. The zero-order chi connectivity index (χ0) is 11.4. The normalized spacial score (nSPS) is 9.73. The highest BCUT2D eigenvalue weighted by atomic mass is 35.5. The summed E-state index contributed by atoms with van der Waals surface area (Å²) in [6.45, 7) is 2.22. The van der Waals surface area contributed by atoms with Gasteiger partial charge >= 0.3 is 6.09 Å². The van der Waals surface area contributed by atoms with Crippen molar-refractivity contribution in [3.63, 3.8) is 0 Å². The van der Waals surface area contributed by atoms with Gasteiger partial charge in [0.15, 0.2) is 5.15 Å². The number of rotatable bonds is 2. The summed E-state index contributed by atoms with van der Waals surface area (Å²) in [6.07, 6.45) is -0.620. The van der Waals surface area contributed by atoms with Crippen molar-refractivity contribution in [2.75, 3.05) is 18.0 Å². The van der Waals surface area contributed by atoms with Crippen LogP contribution in [0.3, 0.4) is 0 Å². The second-order valence-corrected chi connectivity index (χ2v) is 3.03. The first-order valence-electron chi connectivity index (χ1n) is 4.21. The van der Waals surface area contributed by atoms with Crippen molar-refractivity contribution in [1.29, 1.82) is 0 Å². The predicted octanol–water partition coefficient (Wildman–Crippen LogP) is 1.01. The zero-order valence-electron chi connectivity index (χ0n) is 8.08. The van der Waals surface area contributed by atoms with Crippen molar-refractivity contribution < 1.29 is 9.53 Å². The van der Waals surface area contributed by atoms with Crippen molar-refractivity contribution >= 4 is 29.1 Å². The number of halogens is 1. The first-order chi connectivity index (χ1) is 7.04. The summed E-state index contributed by atoms with van der Waals surface area (Å²) < 4.78 is 4.79. The van der Waals surface area contributed by atoms with Crippen LogP contribution in [0.2, 0.25) is 5.15 Å². The number of nitrogen functional groups attached to an aromatic ring is 2. The zero-order valence-corrected chi connectivity index (χ0v) is 8.84. The van der Waals surface area contributed by atoms with Crippen LogP contribution in [0.4, 0.5) is 16.2 Å². The van der Waals surface area contributed by atoms with Crippen LogP contribution in [0.15, 0.2) is 6.07 Å². The molecule has 15 heavy (non-hydrogen) atoms. The van der Waals surface area contributed by atoms with Gasteiger partial charge in [0.05, 0.1) is 11.4 Å². The minimum atomic E-state index is -0.620. The maximum absolute atomic E-state index is 11.0. The van der Waals surface area contributed by atoms with E-state index in [1.807, 2.05) is 0 Å². The lowest BCUT2D eigenvalue weighted by molar-refractivity contribution is 0.199. The predicted molar refractivity (Wildman–Crippen MR) is 57.8 cm³/mol. The summed E-state index contributed by atoms with van der Waals surface area (Å²) in [5.41, 5.74) is 11.4. The van der Waals surface area contributed by atoms with E-state index in [9.17, 15) is 4.79 Å². The first-order valence-corrected chi connectivity index (χ1v) is 4.59. The lowest BCUT2D eigenvalue weighted by atomic mass is 10.3. The summed E-state index contributed by atoms with van der Waals surface area (Å²) in [4.78, 5) is 14.8. The molecule has 0 bridgehead atoms. The molecule has 0 aromatic carbocycles. The number of carbonyl (C=O) groups excluding carboxylic acids is 1. The Kier molecular flexibility index (Phi) is 3.56. The molecular weight excluding hydrogens is 220 g/mol. The van der Waals surface area contributed by atoms with E-state index in [-0.39, 0.29) is 22.4 Å². The quantitative estimate of drug-likeness (QED) is 0.658. The van der Waals surface area contributed by atoms with Crippen LogP contribution in [0.1, 0.15) is 6.92 Å². The minimum Gasteiger partial charge on any atom is -0.397 e. The molecule has 1 aromatic heterocycles. The van der Waals surface area contributed by atoms with Crippen LogP contribution in [-0.4, -0.2) is 17.6 Å². The van der Waals surface area contributed by atoms with Gasteiger partial charge in [-0.25, -0.2) is 4.79 Å². The number of anilines is 2. The average Bonchev–Trinajstić information content (AvgIpc) is 2.14. The minimum absolute atomic E-state index is 0.00861. The van der Waals surface area contributed by atoms with Gasteiger partial charge in [-0.2, -0.15) is 4.98 Å². The van der Waals surface area contributed by atoms with Gasteiger partial charge in [0, 0.05) is 12.6 Å². The molecule has 1 amide bonds. The number of aromatic nitrogens is 1. The SMILES string of the molecule is CCNC(=O)Oc1cc(N)c(N)c(Cl)n1. The average molecular weight is 231 g/mol. The highest BCUT2D eigenvalue weighted by Crippen LogP contribution is 2.26. The van der Waals surface area contributed by atoms with E-state index < -0.39 is 6.09 Å². The van der Waals surface area contributed by atoms with Gasteiger partial charge in [0.1, 0.15) is 0 Å². The summed E-state index contributed by atoms with van der Waals surface area (Å²) in [6, 6.07) is 1.33. The van der Waals surface area contributed by atoms with E-state index >= 15 is 0 Å². The van der Waals surface area contributed by atoms with E-state index in [4.69, 9.17) is 27.8 Å². The lowest BCUT2D eigenvalue weighted by Crippen LogP contribution is -2.26. The molecule has 0 aliphatic carbocycles. The van der Waals surface area contributed by atoms with Crippen LogP contribution in [-0.2, 0) is 0 Å². The Balaban J connectivity index is 2.83. The Morgan fingerprint density at radius 1 is 1.67 bits per heavy atom. The second-order valence-electron chi connectivity index (χ2n) is 2.67. The maximum atomic E-state index is 11.0. The molecule has 7 heteroatoms. The van der Waals surface area contributed by atoms with Crippen LogP contribution in [0.5, 0.6) is 5.88 Å². The maximum Gasteiger partial charge on any atom is 0.413 e. The number of pyridine rings is 1. The van der Waals surface area contributed by atoms with Gasteiger partial charge in [-0.3, -0.25) is 0 Å². The molecule has 6 nitrogen and oxygen atoms in total. The standard InChI is InChI=1S/C8H11ClN4O2/c1-2-12-8(14)15-5-3-4(10)6(11)7(9)13-5/h3H,2,11H2,1H3,(H2,10,13)(H,12,14). The number of hydrogen-bond donors (Lipinski definition) is 3. The van der Waals surface area contributed by atoms with Crippen molar-refractivity contribution in [3.05, 3.63) is 11.2 Å². The Morgan fingerprint density at radius 3 is 2.87 bits per heavy atom. The third-order valence-electron chi connectivity index (χ3n) is 1.54. The van der Waals surface area contributed by atoms with Crippen molar-refractivity contribution in [1.82, 2.24) is 10.3 Å². The van der Waals surface area contributed by atoms with E-state index in [1.54, 1.807) is 6.92 Å². The molecule has 0 radical (unpaired) electrons. The summed E-state index contributed by atoms with van der Waals surface area (Å²) in [5.74, 6) is 0.0117. The topological polar surface area (TPSA) is 103 Å². The number of nitrogens with one attached hydrogen (secondary N) is 1. The molecule has 5 N–H and O–H groups in total. The third kappa shape index (κ3) is 2.88. The van der Waals surface area contributed by atoms with Gasteiger partial charge in [-0.05, 0) is 6.92 Å². The first kappa shape index (κ1) is 11.4. The van der Waals surface area contributed by atoms with Crippen LogP contribution in [0, 0.1) is 0 Å². The number of ether oxygens (including phenoxy) is 1. The fraction of sp³-hybridized carbons (Fsp3) is 0.250. The second kappa shape index (κ2) is 4.70. The monoisotopic (exact) mass is 230 g/mol. The van der Waals surface area contributed by atoms with Crippen molar-refractivity contribution in [2.45, 2.75) is 6.92 Å². The number of hydrogen-bond acceptors (Lipinski definition) is 5. The summed E-state index contributed by atoms with van der Waals surface area (Å²) >= 11 is 5.65. The highest BCUT2D eigenvalue weighted by molar-refractivity contribution is 6.32. The van der Waals surface area contributed by atoms with Gasteiger partial charge in [-0.15, -0.1) is 0 Å². The molecule has 0 aliphatic rings. The molecule has 0 fully saturated rings. The molecule has 0 saturated heterocycles. The van der Waals surface area contributed by atoms with Crippen molar-refractivity contribution in [3.8, 4) is 5.88 Å². The molecule has 1 heterocycles. The van der Waals surface area contributed by atoms with Gasteiger partial charge in [0.25, 0.3) is 0 Å². The number of nitrogens with two attached hydrogens (primary N) is 2. The Morgan fingerprint density at radius 2 is 2.33 bits per heavy atom. The summed E-state index contributed by atoms with van der Waals surface area (Å²) in [5, 5.41) is 2.44. The molecule has 1 rings (SSSR count). The third-order valence-corrected chi connectivity index (χ3v) is 1.83. The van der Waals surface area contributed by atoms with Crippen LogP contribution >= 0.6 is 11.6 Å². The van der Waals surface area contributed by atoms with Crippen LogP contribution < -0.4 is 21.5 Å². The molecular formula is C8H11ClN4O2. The molecule has 1 aromatic rings. The molecule has 0 saturated carbocycles. The lowest BCUT2D eigenvalue weighted by Gasteiger charge is -2.07. The van der Waals surface area contributed by atoms with E-state index in [0.717, 1.165) is 0 Å². The van der Waals surface area contributed by atoms with E-state index in [0.29, 0.717) is 6.54 Å². The Hall–Kier alpha value is -1.69. The molecule has 0 atom stereocenters. The fourth-order valence-electron chi connectivity index (χ4n) is 0.847. The Labute approximate surface area is 91.6 Å². The van der Waals surface area contributed by atoms with Crippen molar-refractivity contribution in [2.24, 2.45) is 0 Å². The highest BCUT2D eigenvalue weighted by Gasteiger charge is 2.09. The smallest absolute Gasteiger partial charge is 0.397 e. The number of amides is 1. The summed E-state index contributed by atoms with van der Waals surface area (Å²) in [7, 11) is 0. The Bertz CT molecular complexity index is 360. The molecule has 82 valence electrons. The number of carbonyl (C=O) groups is 1. The van der Waals surface area contributed by atoms with Gasteiger partial charge < -0.3 is 21.5 Å². The molecule has 0 aliphatic heterocycles. The number of nitrogens with zero attached hydrogens (tertiary/aromatic N) is 1. The van der Waals surface area contributed by atoms with Crippen LogP contribution in [0.25, 0.3) is 0 Å².